The fourth-order valence-electron chi connectivity index (χ4n) is 2.93. The fourth-order valence-corrected chi connectivity index (χ4v) is 2.93. The van der Waals surface area contributed by atoms with E-state index in [4.69, 9.17) is 5.73 Å². The summed E-state index contributed by atoms with van der Waals surface area (Å²) in [6.07, 6.45) is 4.59. The normalized spacial score (nSPS) is 11.0. The first-order valence-corrected chi connectivity index (χ1v) is 7.85. The number of nitrogen functional groups attached to an aromatic ring is 1. The van der Waals surface area contributed by atoms with Crippen molar-refractivity contribution in [2.75, 3.05) is 5.73 Å². The van der Waals surface area contributed by atoms with E-state index in [9.17, 15) is 13.6 Å². The highest BCUT2D eigenvalue weighted by Crippen LogP contribution is 2.28. The molecule has 0 unspecified atom stereocenters. The summed E-state index contributed by atoms with van der Waals surface area (Å²) in [5.74, 6) is -0.910. The summed E-state index contributed by atoms with van der Waals surface area (Å²) in [5.41, 5.74) is 7.40. The molecular weight excluding hydrogens is 336 g/mol. The van der Waals surface area contributed by atoms with E-state index >= 15 is 0 Å². The first kappa shape index (κ1) is 16.0. The number of anilines is 1. The monoisotopic (exact) mass is 349 g/mol. The van der Waals surface area contributed by atoms with Gasteiger partial charge in [0.05, 0.1) is 16.6 Å². The Morgan fingerprint density at radius 3 is 2.35 bits per heavy atom. The second-order valence-corrected chi connectivity index (χ2v) is 5.85. The van der Waals surface area contributed by atoms with Gasteiger partial charge in [-0.3, -0.25) is 9.78 Å². The molecule has 0 amide bonds. The first-order valence-electron chi connectivity index (χ1n) is 7.85. The Labute approximate surface area is 147 Å². The molecule has 0 radical (unpaired) electrons. The van der Waals surface area contributed by atoms with E-state index in [1.807, 2.05) is 0 Å². The van der Waals surface area contributed by atoms with Gasteiger partial charge >= 0.3 is 0 Å². The van der Waals surface area contributed by atoms with E-state index in [-0.39, 0.29) is 16.9 Å². The third kappa shape index (κ3) is 2.61. The summed E-state index contributed by atoms with van der Waals surface area (Å²) in [5, 5.41) is 0.157. The zero-order chi connectivity index (χ0) is 18.3. The number of pyridine rings is 2. The molecule has 6 heteroatoms. The van der Waals surface area contributed by atoms with Crippen LogP contribution in [0.1, 0.15) is 0 Å². The zero-order valence-electron chi connectivity index (χ0n) is 13.5. The van der Waals surface area contributed by atoms with E-state index in [1.54, 1.807) is 47.3 Å². The number of nitrogens with zero attached hydrogens (tertiary/aromatic N) is 2. The topological polar surface area (TPSA) is 60.9 Å². The molecule has 0 atom stereocenters. The van der Waals surface area contributed by atoms with Crippen LogP contribution in [0.15, 0.2) is 71.9 Å². The number of halogens is 2. The van der Waals surface area contributed by atoms with Crippen LogP contribution in [0.3, 0.4) is 0 Å². The Balaban J connectivity index is 2.07. The predicted molar refractivity (Wildman–Crippen MR) is 97.1 cm³/mol. The van der Waals surface area contributed by atoms with Gasteiger partial charge in [0.1, 0.15) is 11.6 Å². The van der Waals surface area contributed by atoms with Crippen LogP contribution >= 0.6 is 0 Å². The lowest BCUT2D eigenvalue weighted by molar-refractivity contribution is 0.627. The van der Waals surface area contributed by atoms with Crippen molar-refractivity contribution >= 4 is 16.6 Å². The van der Waals surface area contributed by atoms with Crippen LogP contribution in [0.2, 0.25) is 0 Å². The highest BCUT2D eigenvalue weighted by atomic mass is 19.1. The van der Waals surface area contributed by atoms with Crippen molar-refractivity contribution in [2.45, 2.75) is 0 Å². The van der Waals surface area contributed by atoms with E-state index < -0.39 is 11.2 Å². The molecule has 2 aromatic heterocycles. The largest absolute Gasteiger partial charge is 0.394 e. The van der Waals surface area contributed by atoms with Crippen molar-refractivity contribution in [1.82, 2.24) is 9.55 Å². The molecule has 0 saturated heterocycles. The van der Waals surface area contributed by atoms with Gasteiger partial charge in [0, 0.05) is 29.8 Å². The van der Waals surface area contributed by atoms with E-state index in [0.29, 0.717) is 22.3 Å². The molecule has 4 nitrogen and oxygen atoms in total. The third-order valence-electron chi connectivity index (χ3n) is 4.22. The van der Waals surface area contributed by atoms with Crippen molar-refractivity contribution in [3.63, 3.8) is 0 Å². The van der Waals surface area contributed by atoms with Gasteiger partial charge in [0.15, 0.2) is 0 Å². The Morgan fingerprint density at radius 2 is 1.65 bits per heavy atom. The molecule has 4 aromatic rings. The SMILES string of the molecule is Nc1cn(-c2ccc(F)cc2)c2cc(-c3ccncc3)c(F)cc2c1=O. The smallest absolute Gasteiger partial charge is 0.212 e. The molecule has 0 fully saturated rings. The molecule has 0 aliphatic rings. The number of benzene rings is 2. The fraction of sp³-hybridized carbons (Fsp3) is 0. The average Bonchev–Trinajstić information content (AvgIpc) is 2.66. The van der Waals surface area contributed by atoms with E-state index in [2.05, 4.69) is 4.98 Å². The first-order chi connectivity index (χ1) is 12.5. The number of fused-ring (bicyclic) bond motifs is 1. The summed E-state index contributed by atoms with van der Waals surface area (Å²) < 4.78 is 29.6. The van der Waals surface area contributed by atoms with E-state index in [1.165, 1.54) is 24.4 Å². The summed E-state index contributed by atoms with van der Waals surface area (Å²) in [7, 11) is 0. The minimum Gasteiger partial charge on any atom is -0.394 e. The third-order valence-corrected chi connectivity index (χ3v) is 4.22. The van der Waals surface area contributed by atoms with Crippen molar-refractivity contribution in [3.8, 4) is 16.8 Å². The molecular formula is C20H13F2N3O. The van der Waals surface area contributed by atoms with Crippen LogP contribution in [-0.4, -0.2) is 9.55 Å². The molecule has 0 spiro atoms. The lowest BCUT2D eigenvalue weighted by atomic mass is 10.0. The molecule has 0 saturated carbocycles. The lowest BCUT2D eigenvalue weighted by Crippen LogP contribution is -2.13. The van der Waals surface area contributed by atoms with Crippen molar-refractivity contribution in [3.05, 3.63) is 89.0 Å². The quantitative estimate of drug-likeness (QED) is 0.597. The highest BCUT2D eigenvalue weighted by molar-refractivity contribution is 5.88. The Hall–Kier alpha value is -3.54. The highest BCUT2D eigenvalue weighted by Gasteiger charge is 2.14. The summed E-state index contributed by atoms with van der Waals surface area (Å²) >= 11 is 0. The zero-order valence-corrected chi connectivity index (χ0v) is 13.5. The molecule has 4 rings (SSSR count). The van der Waals surface area contributed by atoms with Crippen LogP contribution < -0.4 is 11.2 Å². The van der Waals surface area contributed by atoms with Gasteiger partial charge in [-0.25, -0.2) is 8.78 Å². The summed E-state index contributed by atoms with van der Waals surface area (Å²) in [6.45, 7) is 0. The van der Waals surface area contributed by atoms with Gasteiger partial charge < -0.3 is 10.3 Å². The van der Waals surface area contributed by atoms with Crippen LogP contribution in [0.4, 0.5) is 14.5 Å². The standard InChI is InChI=1S/C20H13F2N3O/c21-13-1-3-14(4-2-13)25-11-18(23)20(26)16-9-17(22)15(10-19(16)25)12-5-7-24-8-6-12/h1-11H,23H2. The molecule has 2 N–H and O–H groups in total. The van der Waals surface area contributed by atoms with Gasteiger partial charge in [0.25, 0.3) is 0 Å². The Morgan fingerprint density at radius 1 is 0.962 bits per heavy atom. The van der Waals surface area contributed by atoms with Crippen LogP contribution in [0.5, 0.6) is 0 Å². The van der Waals surface area contributed by atoms with Crippen LogP contribution in [0.25, 0.3) is 27.7 Å². The second kappa shape index (κ2) is 6.07. The van der Waals surface area contributed by atoms with E-state index in [0.717, 1.165) is 0 Å². The molecule has 128 valence electrons. The number of nitrogens with two attached hydrogens (primary N) is 1. The molecule has 0 bridgehead atoms. The molecule has 26 heavy (non-hydrogen) atoms. The van der Waals surface area contributed by atoms with Crippen molar-refractivity contribution in [2.24, 2.45) is 0 Å². The number of aromatic nitrogens is 2. The number of hydrogen-bond acceptors (Lipinski definition) is 3. The maximum Gasteiger partial charge on any atom is 0.212 e. The minimum atomic E-state index is -0.531. The van der Waals surface area contributed by atoms with Gasteiger partial charge in [-0.1, -0.05) is 0 Å². The second-order valence-electron chi connectivity index (χ2n) is 5.85. The van der Waals surface area contributed by atoms with Gasteiger partial charge in [-0.2, -0.15) is 0 Å². The molecule has 0 aliphatic heterocycles. The number of hydrogen-bond donors (Lipinski definition) is 1. The molecule has 0 aliphatic carbocycles. The lowest BCUT2D eigenvalue weighted by Gasteiger charge is -2.14. The maximum absolute atomic E-state index is 14.6. The summed E-state index contributed by atoms with van der Waals surface area (Å²) in [6, 6.07) is 11.9. The van der Waals surface area contributed by atoms with Gasteiger partial charge in [-0.15, -0.1) is 0 Å². The number of rotatable bonds is 2. The Kier molecular flexibility index (Phi) is 3.73. The Bertz CT molecular complexity index is 1170. The van der Waals surface area contributed by atoms with Crippen molar-refractivity contribution < 1.29 is 8.78 Å². The summed E-state index contributed by atoms with van der Waals surface area (Å²) in [4.78, 5) is 16.3. The van der Waals surface area contributed by atoms with Crippen LogP contribution in [-0.2, 0) is 0 Å². The van der Waals surface area contributed by atoms with Crippen LogP contribution in [0, 0.1) is 11.6 Å². The molecule has 2 aromatic carbocycles. The van der Waals surface area contributed by atoms with Crippen molar-refractivity contribution in [1.29, 1.82) is 0 Å². The predicted octanol–water partition coefficient (Wildman–Crippen LogP) is 3.91. The van der Waals surface area contributed by atoms with Gasteiger partial charge in [0.2, 0.25) is 5.43 Å². The average molecular weight is 349 g/mol. The molecule has 2 heterocycles. The maximum atomic E-state index is 14.6. The van der Waals surface area contributed by atoms with Gasteiger partial charge in [-0.05, 0) is 54.1 Å². The minimum absolute atomic E-state index is 0.0158.